The first-order chi connectivity index (χ1) is 18.0. The molecular formula is C31H45N3O3S. The minimum absolute atomic E-state index is 0.0373. The molecule has 38 heavy (non-hydrogen) atoms. The van der Waals surface area contributed by atoms with Crippen LogP contribution in [0.25, 0.3) is 0 Å². The van der Waals surface area contributed by atoms with Crippen molar-refractivity contribution in [1.29, 1.82) is 5.26 Å². The summed E-state index contributed by atoms with van der Waals surface area (Å²) < 4.78 is 32.0. The molecular weight excluding hydrogens is 494 g/mol. The average Bonchev–Trinajstić information content (AvgIpc) is 3.40. The van der Waals surface area contributed by atoms with Crippen molar-refractivity contribution in [3.8, 4) is 6.07 Å². The number of rotatable bonds is 7. The van der Waals surface area contributed by atoms with E-state index in [0.29, 0.717) is 34.7 Å². The highest BCUT2D eigenvalue weighted by Crippen LogP contribution is 2.82. The van der Waals surface area contributed by atoms with Crippen LogP contribution in [0.1, 0.15) is 77.7 Å². The third-order valence-corrected chi connectivity index (χ3v) is 14.2. The molecule has 11 atom stereocenters. The smallest absolute Gasteiger partial charge is 0.253 e. The number of sulfonamides is 1. The van der Waals surface area contributed by atoms with Gasteiger partial charge in [-0.3, -0.25) is 0 Å². The zero-order valence-electron chi connectivity index (χ0n) is 23.7. The highest BCUT2D eigenvalue weighted by molar-refractivity contribution is 7.89. The number of aryl methyl sites for hydroxylation is 1. The van der Waals surface area contributed by atoms with E-state index in [-0.39, 0.29) is 16.2 Å². The quantitative estimate of drug-likeness (QED) is 0.441. The van der Waals surface area contributed by atoms with Crippen LogP contribution in [0.3, 0.4) is 0 Å². The molecule has 0 aliphatic heterocycles. The second-order valence-electron chi connectivity index (χ2n) is 14.0. The Bertz CT molecular complexity index is 1230. The number of ether oxygens (including phenoxy) is 1. The molecule has 7 heteroatoms. The molecule has 1 spiro atoms. The second kappa shape index (κ2) is 9.03. The van der Waals surface area contributed by atoms with Crippen molar-refractivity contribution in [3.63, 3.8) is 0 Å². The van der Waals surface area contributed by atoms with E-state index in [4.69, 9.17) is 4.74 Å². The molecule has 1 aromatic rings. The van der Waals surface area contributed by atoms with Crippen molar-refractivity contribution in [2.24, 2.45) is 51.8 Å². The third-order valence-electron chi connectivity index (χ3n) is 12.9. The molecule has 5 aliphatic rings. The maximum absolute atomic E-state index is 12.9. The van der Waals surface area contributed by atoms with Crippen molar-refractivity contribution in [3.05, 3.63) is 29.8 Å². The zero-order valence-corrected chi connectivity index (χ0v) is 24.5. The minimum atomic E-state index is -3.75. The van der Waals surface area contributed by atoms with Gasteiger partial charge in [-0.05, 0) is 117 Å². The molecule has 0 amide bonds. The van der Waals surface area contributed by atoms with E-state index < -0.39 is 16.1 Å². The van der Waals surface area contributed by atoms with Gasteiger partial charge in [-0.1, -0.05) is 38.5 Å². The van der Waals surface area contributed by atoms with Crippen LogP contribution in [0.4, 0.5) is 0 Å². The summed E-state index contributed by atoms with van der Waals surface area (Å²) in [4.78, 5) is 2.72. The number of fused-ring (bicyclic) bond motifs is 4. The summed E-state index contributed by atoms with van der Waals surface area (Å²) in [5.41, 5.74) is 4.94. The first-order valence-corrected chi connectivity index (χ1v) is 16.3. The van der Waals surface area contributed by atoms with Crippen LogP contribution < -0.4 is 10.3 Å². The van der Waals surface area contributed by atoms with Gasteiger partial charge in [0.1, 0.15) is 6.04 Å². The predicted octanol–water partition coefficient (Wildman–Crippen LogP) is 5.59. The number of nitrogens with one attached hydrogen (secondary N) is 2. The Morgan fingerprint density at radius 2 is 1.82 bits per heavy atom. The lowest BCUT2D eigenvalue weighted by atomic mass is 9.45. The summed E-state index contributed by atoms with van der Waals surface area (Å²) in [6.07, 6.45) is 10.5. The highest BCUT2D eigenvalue weighted by Gasteiger charge is 2.77. The summed E-state index contributed by atoms with van der Waals surface area (Å²) in [6.45, 7) is 9.16. The lowest BCUT2D eigenvalue weighted by molar-refractivity contribution is -0.161. The van der Waals surface area contributed by atoms with Gasteiger partial charge in [-0.15, -0.1) is 4.83 Å². The van der Waals surface area contributed by atoms with E-state index >= 15 is 0 Å². The number of methoxy groups -OCH3 is 1. The van der Waals surface area contributed by atoms with Crippen molar-refractivity contribution in [2.45, 2.75) is 96.1 Å². The Kier molecular flexibility index (Phi) is 6.35. The number of benzene rings is 1. The van der Waals surface area contributed by atoms with Crippen molar-refractivity contribution in [1.82, 2.24) is 10.3 Å². The molecule has 0 bridgehead atoms. The normalized spacial score (nSPS) is 44.7. The van der Waals surface area contributed by atoms with E-state index in [1.165, 1.54) is 44.9 Å². The fraction of sp³-hybridized carbons (Fsp3) is 0.774. The Balaban J connectivity index is 1.18. The summed E-state index contributed by atoms with van der Waals surface area (Å²) in [5, 5.41) is 10.1. The molecule has 208 valence electrons. The SMILES string of the molecule is CO[C@@H]1C[C@H]2[C@@H]3CC[C@H]([C@H](C)C(C#N)NNS(=O)(=O)c4ccc(C)cc4)[C@@]3(C)CC[C@@H]2[C@@]2(C)CC[C@@H]3C[C@]312. The Labute approximate surface area is 229 Å². The van der Waals surface area contributed by atoms with Gasteiger partial charge in [0.05, 0.1) is 17.1 Å². The van der Waals surface area contributed by atoms with E-state index in [0.717, 1.165) is 23.8 Å². The van der Waals surface area contributed by atoms with Gasteiger partial charge in [0.15, 0.2) is 0 Å². The fourth-order valence-electron chi connectivity index (χ4n) is 10.9. The first-order valence-electron chi connectivity index (χ1n) is 14.8. The summed E-state index contributed by atoms with van der Waals surface area (Å²) in [5.74, 6) is 3.45. The molecule has 0 radical (unpaired) electrons. The molecule has 5 saturated carbocycles. The Hall–Kier alpha value is -1.46. The molecule has 1 aromatic carbocycles. The van der Waals surface area contributed by atoms with E-state index in [2.05, 4.69) is 37.1 Å². The second-order valence-corrected chi connectivity index (χ2v) is 15.7. The number of hydrogen-bond acceptors (Lipinski definition) is 5. The zero-order chi connectivity index (χ0) is 27.1. The molecule has 2 N–H and O–H groups in total. The van der Waals surface area contributed by atoms with Crippen LogP contribution in [-0.2, 0) is 14.8 Å². The Morgan fingerprint density at radius 1 is 1.08 bits per heavy atom. The molecule has 1 unspecified atom stereocenters. The maximum Gasteiger partial charge on any atom is 0.253 e. The van der Waals surface area contributed by atoms with Gasteiger partial charge < -0.3 is 4.74 Å². The lowest BCUT2D eigenvalue weighted by Gasteiger charge is -2.61. The molecule has 6 nitrogen and oxygen atoms in total. The van der Waals surface area contributed by atoms with Crippen LogP contribution >= 0.6 is 0 Å². The van der Waals surface area contributed by atoms with Crippen LogP contribution in [0.15, 0.2) is 29.2 Å². The highest BCUT2D eigenvalue weighted by atomic mass is 32.2. The van der Waals surface area contributed by atoms with Crippen LogP contribution in [0.2, 0.25) is 0 Å². The van der Waals surface area contributed by atoms with Crippen molar-refractivity contribution >= 4 is 10.0 Å². The third kappa shape index (κ3) is 3.62. The molecule has 5 aliphatic carbocycles. The number of nitrogens with zero attached hydrogens (tertiary/aromatic N) is 1. The lowest BCUT2D eigenvalue weighted by Crippen LogP contribution is -2.57. The van der Waals surface area contributed by atoms with E-state index in [1.807, 2.05) is 14.0 Å². The van der Waals surface area contributed by atoms with Gasteiger partial charge in [0.25, 0.3) is 10.0 Å². The van der Waals surface area contributed by atoms with Crippen LogP contribution in [0, 0.1) is 70.0 Å². The van der Waals surface area contributed by atoms with Gasteiger partial charge in [0, 0.05) is 12.5 Å². The molecule has 5 fully saturated rings. The van der Waals surface area contributed by atoms with E-state index in [1.54, 1.807) is 24.3 Å². The summed E-state index contributed by atoms with van der Waals surface area (Å²) in [6, 6.07) is 8.56. The molecule has 0 heterocycles. The monoisotopic (exact) mass is 539 g/mol. The van der Waals surface area contributed by atoms with Gasteiger partial charge in [-0.2, -0.15) is 5.26 Å². The molecule has 0 saturated heterocycles. The van der Waals surface area contributed by atoms with Gasteiger partial charge in [0.2, 0.25) is 0 Å². The van der Waals surface area contributed by atoms with Crippen LogP contribution in [-0.4, -0.2) is 27.7 Å². The maximum atomic E-state index is 12.9. The standard InChI is InChI=1S/C31H45N3O3S/c1-19-6-8-22(9-7-19)38(35,36)34-33-27(18-32)20(2)24-10-11-25-23-16-28(37-5)31-17-21(31)12-15-30(31,4)26(23)13-14-29(24,25)3/h6-9,20-21,23-28,33-34H,10-17H2,1-5H3/t20-,21+,23-,24+,25-,26-,27?,28+,29+,30+,31-/m0/s1. The summed E-state index contributed by atoms with van der Waals surface area (Å²) >= 11 is 0. The van der Waals surface area contributed by atoms with Crippen molar-refractivity contribution < 1.29 is 13.2 Å². The van der Waals surface area contributed by atoms with Gasteiger partial charge >= 0.3 is 0 Å². The summed E-state index contributed by atoms with van der Waals surface area (Å²) in [7, 11) is -1.81. The Morgan fingerprint density at radius 3 is 2.47 bits per heavy atom. The fourth-order valence-corrected chi connectivity index (χ4v) is 11.8. The van der Waals surface area contributed by atoms with Crippen LogP contribution in [0.5, 0.6) is 0 Å². The largest absolute Gasteiger partial charge is 0.381 e. The topological polar surface area (TPSA) is 91.2 Å². The molecule has 0 aromatic heterocycles. The average molecular weight is 540 g/mol. The van der Waals surface area contributed by atoms with Crippen molar-refractivity contribution in [2.75, 3.05) is 7.11 Å². The number of nitriles is 1. The first kappa shape index (κ1) is 26.7. The number of hydrazine groups is 1. The van der Waals surface area contributed by atoms with E-state index in [9.17, 15) is 13.7 Å². The number of hydrogen-bond donors (Lipinski definition) is 2. The predicted molar refractivity (Wildman–Crippen MR) is 147 cm³/mol. The van der Waals surface area contributed by atoms with Gasteiger partial charge in [-0.25, -0.2) is 13.8 Å². The minimum Gasteiger partial charge on any atom is -0.381 e. The molecule has 6 rings (SSSR count).